The van der Waals surface area contributed by atoms with Crippen LogP contribution in [0.1, 0.15) is 41.4 Å². The molecule has 0 saturated carbocycles. The molecule has 1 aromatic rings. The van der Waals surface area contributed by atoms with Crippen LogP contribution in [0.3, 0.4) is 0 Å². The lowest BCUT2D eigenvalue weighted by Gasteiger charge is -2.20. The second-order valence-corrected chi connectivity index (χ2v) is 4.91. The standard InChI is InChI=1S/C13H16N2O5/c1-7(2)15-6-5-8(12(15)17)14-11(16)9-3-4-10(20-9)13(18)19/h3-4,7-8H,5-6H2,1-2H3,(H,14,16)(H,18,19)/t8-/m1/s1. The van der Waals surface area contributed by atoms with Crippen molar-refractivity contribution in [1.29, 1.82) is 0 Å². The van der Waals surface area contributed by atoms with Gasteiger partial charge >= 0.3 is 5.97 Å². The zero-order valence-electron chi connectivity index (χ0n) is 11.3. The number of carbonyl (C=O) groups excluding carboxylic acids is 2. The van der Waals surface area contributed by atoms with Gasteiger partial charge in [0.15, 0.2) is 5.76 Å². The molecule has 1 aromatic heterocycles. The third-order valence-electron chi connectivity index (χ3n) is 3.21. The van der Waals surface area contributed by atoms with Gasteiger partial charge in [0.1, 0.15) is 6.04 Å². The van der Waals surface area contributed by atoms with Crippen molar-refractivity contribution in [3.05, 3.63) is 23.7 Å². The van der Waals surface area contributed by atoms with Crippen LogP contribution in [0.15, 0.2) is 16.5 Å². The maximum atomic E-state index is 12.0. The summed E-state index contributed by atoms with van der Waals surface area (Å²) in [6, 6.07) is 1.99. The number of hydrogen-bond donors (Lipinski definition) is 2. The summed E-state index contributed by atoms with van der Waals surface area (Å²) in [5, 5.41) is 11.3. The molecule has 1 saturated heterocycles. The average molecular weight is 280 g/mol. The largest absolute Gasteiger partial charge is 0.475 e. The van der Waals surface area contributed by atoms with Crippen molar-refractivity contribution in [2.45, 2.75) is 32.4 Å². The highest BCUT2D eigenvalue weighted by atomic mass is 16.4. The molecule has 0 spiro atoms. The number of amides is 2. The lowest BCUT2D eigenvalue weighted by molar-refractivity contribution is -0.130. The Balaban J connectivity index is 2.01. The van der Waals surface area contributed by atoms with E-state index in [9.17, 15) is 14.4 Å². The van der Waals surface area contributed by atoms with E-state index in [1.165, 1.54) is 12.1 Å². The zero-order valence-corrected chi connectivity index (χ0v) is 11.3. The molecule has 1 fully saturated rings. The molecule has 20 heavy (non-hydrogen) atoms. The number of carboxylic acid groups (broad SMARTS) is 1. The average Bonchev–Trinajstić information content (AvgIpc) is 2.97. The van der Waals surface area contributed by atoms with Gasteiger partial charge in [-0.2, -0.15) is 0 Å². The maximum Gasteiger partial charge on any atom is 0.371 e. The molecule has 2 rings (SSSR count). The van der Waals surface area contributed by atoms with E-state index >= 15 is 0 Å². The van der Waals surface area contributed by atoms with Crippen LogP contribution in [0, 0.1) is 0 Å². The Morgan fingerprint density at radius 3 is 2.55 bits per heavy atom. The number of rotatable bonds is 4. The second kappa shape index (κ2) is 5.36. The molecule has 1 aliphatic heterocycles. The van der Waals surface area contributed by atoms with Gasteiger partial charge in [0.25, 0.3) is 5.91 Å². The van der Waals surface area contributed by atoms with Crippen LogP contribution in [0.25, 0.3) is 0 Å². The van der Waals surface area contributed by atoms with Gasteiger partial charge in [0.2, 0.25) is 11.7 Å². The molecule has 0 radical (unpaired) electrons. The molecule has 0 bridgehead atoms. The number of aromatic carboxylic acids is 1. The normalized spacial score (nSPS) is 18.6. The van der Waals surface area contributed by atoms with Crippen LogP contribution in [0.4, 0.5) is 0 Å². The SMILES string of the molecule is CC(C)N1CC[C@@H](NC(=O)c2ccc(C(=O)O)o2)C1=O. The predicted octanol–water partition coefficient (Wildman–Crippen LogP) is 0.717. The Hall–Kier alpha value is -2.31. The molecule has 7 nitrogen and oxygen atoms in total. The highest BCUT2D eigenvalue weighted by Gasteiger charge is 2.34. The summed E-state index contributed by atoms with van der Waals surface area (Å²) in [5.74, 6) is -2.37. The highest BCUT2D eigenvalue weighted by Crippen LogP contribution is 2.15. The van der Waals surface area contributed by atoms with E-state index in [2.05, 4.69) is 5.32 Å². The minimum Gasteiger partial charge on any atom is -0.475 e. The Morgan fingerprint density at radius 2 is 2.05 bits per heavy atom. The van der Waals surface area contributed by atoms with Crippen LogP contribution >= 0.6 is 0 Å². The molecule has 0 aliphatic carbocycles. The van der Waals surface area contributed by atoms with Crippen molar-refractivity contribution in [1.82, 2.24) is 10.2 Å². The van der Waals surface area contributed by atoms with Gasteiger partial charge in [-0.3, -0.25) is 9.59 Å². The molecular formula is C13H16N2O5. The summed E-state index contributed by atoms with van der Waals surface area (Å²) in [5.41, 5.74) is 0. The molecule has 2 amide bonds. The lowest BCUT2D eigenvalue weighted by atomic mass is 10.2. The highest BCUT2D eigenvalue weighted by molar-refractivity contribution is 5.97. The smallest absolute Gasteiger partial charge is 0.371 e. The number of carbonyl (C=O) groups is 3. The Labute approximate surface area is 115 Å². The predicted molar refractivity (Wildman–Crippen MR) is 68.4 cm³/mol. The first-order chi connectivity index (χ1) is 9.40. The lowest BCUT2D eigenvalue weighted by Crippen LogP contribution is -2.43. The molecule has 0 aromatic carbocycles. The summed E-state index contributed by atoms with van der Waals surface area (Å²) in [7, 11) is 0. The summed E-state index contributed by atoms with van der Waals surface area (Å²) in [6.45, 7) is 4.42. The van der Waals surface area contributed by atoms with Crippen LogP contribution in [-0.4, -0.2) is 46.4 Å². The Kier molecular flexibility index (Phi) is 3.78. The molecule has 1 atom stereocenters. The van der Waals surface area contributed by atoms with E-state index in [4.69, 9.17) is 9.52 Å². The topological polar surface area (TPSA) is 99.8 Å². The molecule has 108 valence electrons. The summed E-state index contributed by atoms with van der Waals surface area (Å²) in [6.07, 6.45) is 0.537. The van der Waals surface area contributed by atoms with Gasteiger partial charge in [0, 0.05) is 12.6 Å². The van der Waals surface area contributed by atoms with Gasteiger partial charge in [-0.05, 0) is 32.4 Å². The van der Waals surface area contributed by atoms with E-state index in [-0.39, 0.29) is 23.5 Å². The second-order valence-electron chi connectivity index (χ2n) is 4.91. The summed E-state index contributed by atoms with van der Waals surface area (Å²) in [4.78, 5) is 36.3. The van der Waals surface area contributed by atoms with Crippen molar-refractivity contribution in [3.63, 3.8) is 0 Å². The number of nitrogens with one attached hydrogen (secondary N) is 1. The van der Waals surface area contributed by atoms with E-state index < -0.39 is 17.9 Å². The number of carboxylic acids is 1. The molecule has 2 heterocycles. The molecule has 7 heteroatoms. The first-order valence-electron chi connectivity index (χ1n) is 6.34. The maximum absolute atomic E-state index is 12.0. The number of likely N-dealkylation sites (tertiary alicyclic amines) is 1. The van der Waals surface area contributed by atoms with E-state index in [1.807, 2.05) is 13.8 Å². The number of furan rings is 1. The monoisotopic (exact) mass is 280 g/mol. The fourth-order valence-electron chi connectivity index (χ4n) is 2.15. The summed E-state index contributed by atoms with van der Waals surface area (Å²) >= 11 is 0. The van der Waals surface area contributed by atoms with E-state index in [1.54, 1.807) is 4.90 Å². The molecular weight excluding hydrogens is 264 g/mol. The van der Waals surface area contributed by atoms with Crippen molar-refractivity contribution in [2.24, 2.45) is 0 Å². The first-order valence-corrected chi connectivity index (χ1v) is 6.34. The third-order valence-corrected chi connectivity index (χ3v) is 3.21. The van der Waals surface area contributed by atoms with Crippen molar-refractivity contribution < 1.29 is 23.9 Å². The van der Waals surface area contributed by atoms with E-state index in [0.717, 1.165) is 0 Å². The van der Waals surface area contributed by atoms with Crippen molar-refractivity contribution in [2.75, 3.05) is 6.54 Å². The van der Waals surface area contributed by atoms with Crippen LogP contribution < -0.4 is 5.32 Å². The van der Waals surface area contributed by atoms with Crippen molar-refractivity contribution >= 4 is 17.8 Å². The van der Waals surface area contributed by atoms with Gasteiger partial charge in [-0.1, -0.05) is 0 Å². The minimum atomic E-state index is -1.24. The fraction of sp³-hybridized carbons (Fsp3) is 0.462. The van der Waals surface area contributed by atoms with Crippen LogP contribution in [0.2, 0.25) is 0 Å². The summed E-state index contributed by atoms with van der Waals surface area (Å²) < 4.78 is 4.89. The molecule has 1 aliphatic rings. The van der Waals surface area contributed by atoms with Gasteiger partial charge in [-0.15, -0.1) is 0 Å². The Bertz CT molecular complexity index is 549. The van der Waals surface area contributed by atoms with Gasteiger partial charge in [0.05, 0.1) is 0 Å². The van der Waals surface area contributed by atoms with Crippen LogP contribution in [-0.2, 0) is 4.79 Å². The van der Waals surface area contributed by atoms with E-state index in [0.29, 0.717) is 13.0 Å². The molecule has 2 N–H and O–H groups in total. The van der Waals surface area contributed by atoms with Gasteiger partial charge < -0.3 is 19.7 Å². The zero-order chi connectivity index (χ0) is 14.9. The van der Waals surface area contributed by atoms with Crippen LogP contribution in [0.5, 0.6) is 0 Å². The first kappa shape index (κ1) is 14.1. The van der Waals surface area contributed by atoms with Gasteiger partial charge in [-0.25, -0.2) is 4.79 Å². The minimum absolute atomic E-state index is 0.0895. The third kappa shape index (κ3) is 2.66. The molecule has 0 unspecified atom stereocenters. The quantitative estimate of drug-likeness (QED) is 0.846. The number of hydrogen-bond acceptors (Lipinski definition) is 4. The van der Waals surface area contributed by atoms with Crippen molar-refractivity contribution in [3.8, 4) is 0 Å². The number of nitrogens with zero attached hydrogens (tertiary/aromatic N) is 1. The Morgan fingerprint density at radius 1 is 1.40 bits per heavy atom. The fourth-order valence-corrected chi connectivity index (χ4v) is 2.15.